The summed E-state index contributed by atoms with van der Waals surface area (Å²) >= 11 is 0. The van der Waals surface area contributed by atoms with Crippen molar-refractivity contribution in [2.24, 2.45) is 0 Å². The van der Waals surface area contributed by atoms with Gasteiger partial charge in [-0.1, -0.05) is 24.3 Å². The molecular weight excluding hydrogens is 226 g/mol. The highest BCUT2D eigenvalue weighted by atomic mass is 16.7. The maximum Gasteiger partial charge on any atom is 0.172 e. The second kappa shape index (κ2) is 4.56. The second-order valence-electron chi connectivity index (χ2n) is 4.70. The molecule has 1 spiro atoms. The average molecular weight is 241 g/mol. The van der Waals surface area contributed by atoms with Gasteiger partial charge in [0.1, 0.15) is 0 Å². The number of nitrogens with zero attached hydrogens (tertiary/aromatic N) is 1. The van der Waals surface area contributed by atoms with Crippen LogP contribution in [0.15, 0.2) is 30.3 Å². The van der Waals surface area contributed by atoms with Crippen LogP contribution in [0.1, 0.15) is 30.4 Å². The number of rotatable bonds is 1. The van der Waals surface area contributed by atoms with Gasteiger partial charge < -0.3 is 9.47 Å². The SMILES string of the molecule is N#Cc1ccccc1C1=CCC2(CC1)OCCO2. The minimum absolute atomic E-state index is 0.384. The van der Waals surface area contributed by atoms with Gasteiger partial charge >= 0.3 is 0 Å². The first-order chi connectivity index (χ1) is 8.83. The summed E-state index contributed by atoms with van der Waals surface area (Å²) in [7, 11) is 0. The molecule has 0 unspecified atom stereocenters. The molecule has 1 aromatic rings. The monoisotopic (exact) mass is 241 g/mol. The molecule has 3 heteroatoms. The van der Waals surface area contributed by atoms with Gasteiger partial charge in [-0.3, -0.25) is 0 Å². The Balaban J connectivity index is 1.87. The lowest BCUT2D eigenvalue weighted by Crippen LogP contribution is -2.31. The maximum absolute atomic E-state index is 9.13. The first-order valence-electron chi connectivity index (χ1n) is 6.29. The predicted octanol–water partition coefficient (Wildman–Crippen LogP) is 2.87. The molecule has 0 bridgehead atoms. The molecule has 3 rings (SSSR count). The predicted molar refractivity (Wildman–Crippen MR) is 67.6 cm³/mol. The van der Waals surface area contributed by atoms with Crippen LogP contribution in [0.5, 0.6) is 0 Å². The summed E-state index contributed by atoms with van der Waals surface area (Å²) in [5.41, 5.74) is 3.03. The van der Waals surface area contributed by atoms with Crippen molar-refractivity contribution >= 4 is 5.57 Å². The fraction of sp³-hybridized carbons (Fsp3) is 0.400. The third-order valence-corrected chi connectivity index (χ3v) is 3.64. The van der Waals surface area contributed by atoms with Crippen LogP contribution in [0.3, 0.4) is 0 Å². The minimum atomic E-state index is -0.384. The largest absolute Gasteiger partial charge is 0.347 e. The van der Waals surface area contributed by atoms with Crippen LogP contribution < -0.4 is 0 Å². The number of allylic oxidation sites excluding steroid dienone is 1. The van der Waals surface area contributed by atoms with E-state index >= 15 is 0 Å². The standard InChI is InChI=1S/C15H15NO2/c16-11-13-3-1-2-4-14(13)12-5-7-15(8-6-12)17-9-10-18-15/h1-5H,6-10H2. The second-order valence-corrected chi connectivity index (χ2v) is 4.70. The lowest BCUT2D eigenvalue weighted by atomic mass is 9.88. The fourth-order valence-corrected chi connectivity index (χ4v) is 2.67. The number of hydrogen-bond acceptors (Lipinski definition) is 3. The average Bonchev–Trinajstić information content (AvgIpc) is 2.88. The molecule has 1 heterocycles. The van der Waals surface area contributed by atoms with E-state index in [2.05, 4.69) is 12.1 Å². The Bertz CT molecular complexity index is 522. The van der Waals surface area contributed by atoms with Crippen molar-refractivity contribution in [3.63, 3.8) is 0 Å². The Labute approximate surface area is 107 Å². The zero-order valence-corrected chi connectivity index (χ0v) is 10.2. The Hall–Kier alpha value is -1.63. The Morgan fingerprint density at radius 3 is 2.61 bits per heavy atom. The molecule has 1 fully saturated rings. The van der Waals surface area contributed by atoms with Gasteiger partial charge in [-0.05, 0) is 23.6 Å². The summed E-state index contributed by atoms with van der Waals surface area (Å²) in [6, 6.07) is 10.0. The smallest absolute Gasteiger partial charge is 0.172 e. The molecule has 0 amide bonds. The molecule has 0 aromatic heterocycles. The van der Waals surface area contributed by atoms with E-state index in [9.17, 15) is 0 Å². The summed E-state index contributed by atoms with van der Waals surface area (Å²) in [4.78, 5) is 0. The summed E-state index contributed by atoms with van der Waals surface area (Å²) < 4.78 is 11.4. The van der Waals surface area contributed by atoms with Gasteiger partial charge in [0.15, 0.2) is 5.79 Å². The van der Waals surface area contributed by atoms with Crippen molar-refractivity contribution in [1.82, 2.24) is 0 Å². The van der Waals surface area contributed by atoms with E-state index in [1.807, 2.05) is 24.3 Å². The van der Waals surface area contributed by atoms with E-state index in [1.54, 1.807) is 0 Å². The molecule has 92 valence electrons. The normalized spacial score (nSPS) is 21.6. The zero-order chi connectivity index (χ0) is 12.4. The van der Waals surface area contributed by atoms with Crippen LogP contribution in [0.2, 0.25) is 0 Å². The molecule has 18 heavy (non-hydrogen) atoms. The van der Waals surface area contributed by atoms with E-state index in [0.29, 0.717) is 13.2 Å². The molecule has 1 aliphatic heterocycles. The van der Waals surface area contributed by atoms with Gasteiger partial charge in [0.05, 0.1) is 24.8 Å². The highest BCUT2D eigenvalue weighted by Gasteiger charge is 2.37. The van der Waals surface area contributed by atoms with Crippen LogP contribution >= 0.6 is 0 Å². The molecule has 0 atom stereocenters. The van der Waals surface area contributed by atoms with Gasteiger partial charge in [0.25, 0.3) is 0 Å². The van der Waals surface area contributed by atoms with E-state index in [1.165, 1.54) is 5.57 Å². The minimum Gasteiger partial charge on any atom is -0.347 e. The number of nitriles is 1. The molecule has 0 N–H and O–H groups in total. The molecule has 0 radical (unpaired) electrons. The summed E-state index contributed by atoms with van der Waals surface area (Å²) in [6.07, 6.45) is 4.71. The van der Waals surface area contributed by atoms with Gasteiger partial charge in [-0.2, -0.15) is 5.26 Å². The van der Waals surface area contributed by atoms with Gasteiger partial charge in [0, 0.05) is 12.8 Å². The van der Waals surface area contributed by atoms with Crippen molar-refractivity contribution in [3.8, 4) is 6.07 Å². The van der Waals surface area contributed by atoms with Crippen molar-refractivity contribution in [2.75, 3.05) is 13.2 Å². The molecule has 1 aliphatic carbocycles. The molecule has 0 saturated carbocycles. The molecular formula is C15H15NO2. The molecule has 2 aliphatic rings. The Morgan fingerprint density at radius 1 is 1.17 bits per heavy atom. The molecule has 1 aromatic carbocycles. The Morgan fingerprint density at radius 2 is 1.94 bits per heavy atom. The fourth-order valence-electron chi connectivity index (χ4n) is 2.67. The van der Waals surface area contributed by atoms with Crippen LogP contribution in [-0.4, -0.2) is 19.0 Å². The van der Waals surface area contributed by atoms with Crippen LogP contribution in [0, 0.1) is 11.3 Å². The van der Waals surface area contributed by atoms with E-state index < -0.39 is 0 Å². The van der Waals surface area contributed by atoms with Gasteiger partial charge in [-0.25, -0.2) is 0 Å². The van der Waals surface area contributed by atoms with Crippen molar-refractivity contribution in [2.45, 2.75) is 25.0 Å². The van der Waals surface area contributed by atoms with Gasteiger partial charge in [0.2, 0.25) is 0 Å². The lowest BCUT2D eigenvalue weighted by molar-refractivity contribution is -0.159. The van der Waals surface area contributed by atoms with Crippen molar-refractivity contribution in [1.29, 1.82) is 5.26 Å². The molecule has 3 nitrogen and oxygen atoms in total. The summed E-state index contributed by atoms with van der Waals surface area (Å²) in [6.45, 7) is 1.38. The van der Waals surface area contributed by atoms with Crippen LogP contribution in [-0.2, 0) is 9.47 Å². The summed E-state index contributed by atoms with van der Waals surface area (Å²) in [5.74, 6) is -0.384. The first-order valence-corrected chi connectivity index (χ1v) is 6.29. The van der Waals surface area contributed by atoms with Crippen molar-refractivity contribution in [3.05, 3.63) is 41.5 Å². The van der Waals surface area contributed by atoms with Gasteiger partial charge in [-0.15, -0.1) is 0 Å². The number of ether oxygens (including phenoxy) is 2. The van der Waals surface area contributed by atoms with Crippen LogP contribution in [0.25, 0.3) is 5.57 Å². The number of hydrogen-bond donors (Lipinski definition) is 0. The quantitative estimate of drug-likeness (QED) is 0.759. The highest BCUT2D eigenvalue weighted by Crippen LogP contribution is 2.38. The van der Waals surface area contributed by atoms with Crippen LogP contribution in [0.4, 0.5) is 0 Å². The maximum atomic E-state index is 9.13. The zero-order valence-electron chi connectivity index (χ0n) is 10.2. The third kappa shape index (κ3) is 1.94. The van der Waals surface area contributed by atoms with E-state index in [4.69, 9.17) is 14.7 Å². The summed E-state index contributed by atoms with van der Waals surface area (Å²) in [5, 5.41) is 9.13. The van der Waals surface area contributed by atoms with E-state index in [-0.39, 0.29) is 5.79 Å². The topological polar surface area (TPSA) is 42.2 Å². The van der Waals surface area contributed by atoms with Crippen molar-refractivity contribution < 1.29 is 9.47 Å². The number of benzene rings is 1. The third-order valence-electron chi connectivity index (χ3n) is 3.64. The first kappa shape index (κ1) is 11.5. The Kier molecular flexibility index (Phi) is 2.91. The van der Waals surface area contributed by atoms with E-state index in [0.717, 1.165) is 30.4 Å². The molecule has 1 saturated heterocycles. The lowest BCUT2D eigenvalue weighted by Gasteiger charge is -2.30. The highest BCUT2D eigenvalue weighted by molar-refractivity contribution is 5.71.